The summed E-state index contributed by atoms with van der Waals surface area (Å²) in [6.07, 6.45) is 1.09. The Labute approximate surface area is 115 Å². The SMILES string of the molecule is CNC(C)c1cccc(F)c1N1CCC(N(C)C)C1. The van der Waals surface area contributed by atoms with Crippen molar-refractivity contribution in [1.82, 2.24) is 10.2 Å². The summed E-state index contributed by atoms with van der Waals surface area (Å²) in [5, 5.41) is 3.20. The highest BCUT2D eigenvalue weighted by molar-refractivity contribution is 5.57. The molecule has 0 saturated carbocycles. The molecular weight excluding hydrogens is 241 g/mol. The predicted molar refractivity (Wildman–Crippen MR) is 78.2 cm³/mol. The van der Waals surface area contributed by atoms with Crippen molar-refractivity contribution < 1.29 is 4.39 Å². The first kappa shape index (κ1) is 14.3. The third kappa shape index (κ3) is 2.90. The molecule has 2 atom stereocenters. The van der Waals surface area contributed by atoms with Crippen LogP contribution < -0.4 is 10.2 Å². The number of rotatable bonds is 4. The summed E-state index contributed by atoms with van der Waals surface area (Å²) in [7, 11) is 6.09. The second-order valence-electron chi connectivity index (χ2n) is 5.54. The van der Waals surface area contributed by atoms with Gasteiger partial charge in [0, 0.05) is 25.2 Å². The molecule has 0 radical (unpaired) electrons. The van der Waals surface area contributed by atoms with Gasteiger partial charge in [0.2, 0.25) is 0 Å². The molecule has 1 aromatic rings. The molecule has 1 heterocycles. The number of para-hydroxylation sites is 1. The van der Waals surface area contributed by atoms with E-state index >= 15 is 0 Å². The Morgan fingerprint density at radius 2 is 2.16 bits per heavy atom. The van der Waals surface area contributed by atoms with Gasteiger partial charge in [0.25, 0.3) is 0 Å². The highest BCUT2D eigenvalue weighted by atomic mass is 19.1. The van der Waals surface area contributed by atoms with E-state index in [0.717, 1.165) is 30.8 Å². The fraction of sp³-hybridized carbons (Fsp3) is 0.600. The maximum Gasteiger partial charge on any atom is 0.146 e. The van der Waals surface area contributed by atoms with Gasteiger partial charge in [0.1, 0.15) is 5.82 Å². The first-order valence-corrected chi connectivity index (χ1v) is 6.91. The van der Waals surface area contributed by atoms with Crippen LogP contribution in [-0.4, -0.2) is 45.2 Å². The van der Waals surface area contributed by atoms with Gasteiger partial charge in [-0.15, -0.1) is 0 Å². The lowest BCUT2D eigenvalue weighted by Crippen LogP contribution is -2.32. The Balaban J connectivity index is 2.29. The highest BCUT2D eigenvalue weighted by Gasteiger charge is 2.28. The van der Waals surface area contributed by atoms with Crippen LogP contribution in [-0.2, 0) is 0 Å². The molecule has 0 amide bonds. The monoisotopic (exact) mass is 265 g/mol. The molecule has 19 heavy (non-hydrogen) atoms. The van der Waals surface area contributed by atoms with Gasteiger partial charge in [-0.2, -0.15) is 0 Å². The molecule has 1 aliphatic rings. The molecule has 2 unspecified atom stereocenters. The molecule has 1 aliphatic heterocycles. The largest absolute Gasteiger partial charge is 0.367 e. The van der Waals surface area contributed by atoms with E-state index in [0.29, 0.717) is 6.04 Å². The van der Waals surface area contributed by atoms with Crippen molar-refractivity contribution in [3.8, 4) is 0 Å². The number of halogens is 1. The molecule has 1 fully saturated rings. The third-order valence-electron chi connectivity index (χ3n) is 4.13. The molecule has 0 bridgehead atoms. The first-order chi connectivity index (χ1) is 9.04. The van der Waals surface area contributed by atoms with Crippen molar-refractivity contribution in [3.63, 3.8) is 0 Å². The molecular formula is C15H24FN3. The number of likely N-dealkylation sites (N-methyl/N-ethyl adjacent to an activating group) is 1. The minimum absolute atomic E-state index is 0.112. The van der Waals surface area contributed by atoms with E-state index in [1.807, 2.05) is 13.1 Å². The second kappa shape index (κ2) is 5.88. The normalized spacial score (nSPS) is 21.2. The van der Waals surface area contributed by atoms with E-state index in [9.17, 15) is 4.39 Å². The molecule has 106 valence electrons. The first-order valence-electron chi connectivity index (χ1n) is 6.91. The quantitative estimate of drug-likeness (QED) is 0.901. The topological polar surface area (TPSA) is 18.5 Å². The Hall–Kier alpha value is -1.13. The van der Waals surface area contributed by atoms with Gasteiger partial charge in [0.15, 0.2) is 0 Å². The van der Waals surface area contributed by atoms with Gasteiger partial charge >= 0.3 is 0 Å². The van der Waals surface area contributed by atoms with E-state index in [1.165, 1.54) is 0 Å². The average molecular weight is 265 g/mol. The summed E-state index contributed by atoms with van der Waals surface area (Å²) in [6.45, 7) is 3.89. The summed E-state index contributed by atoms with van der Waals surface area (Å²) in [5.74, 6) is -0.112. The third-order valence-corrected chi connectivity index (χ3v) is 4.13. The van der Waals surface area contributed by atoms with Crippen LogP contribution in [0, 0.1) is 5.82 Å². The highest BCUT2D eigenvalue weighted by Crippen LogP contribution is 2.32. The van der Waals surface area contributed by atoms with Gasteiger partial charge in [-0.1, -0.05) is 12.1 Å². The second-order valence-corrected chi connectivity index (χ2v) is 5.54. The number of nitrogens with zero attached hydrogens (tertiary/aromatic N) is 2. The van der Waals surface area contributed by atoms with Gasteiger partial charge in [-0.05, 0) is 46.1 Å². The van der Waals surface area contributed by atoms with Crippen molar-refractivity contribution in [1.29, 1.82) is 0 Å². The Morgan fingerprint density at radius 3 is 2.74 bits per heavy atom. The van der Waals surface area contributed by atoms with Crippen molar-refractivity contribution in [2.45, 2.75) is 25.4 Å². The van der Waals surface area contributed by atoms with Gasteiger partial charge < -0.3 is 15.1 Å². The summed E-state index contributed by atoms with van der Waals surface area (Å²) < 4.78 is 14.2. The summed E-state index contributed by atoms with van der Waals surface area (Å²) >= 11 is 0. The van der Waals surface area contributed by atoms with Crippen LogP contribution in [0.5, 0.6) is 0 Å². The molecule has 1 saturated heterocycles. The Morgan fingerprint density at radius 1 is 1.42 bits per heavy atom. The van der Waals surface area contributed by atoms with Crippen molar-refractivity contribution in [2.24, 2.45) is 0 Å². The Kier molecular flexibility index (Phi) is 4.42. The molecule has 0 aliphatic carbocycles. The number of anilines is 1. The van der Waals surface area contributed by atoms with Crippen molar-refractivity contribution >= 4 is 5.69 Å². The molecule has 0 spiro atoms. The summed E-state index contributed by atoms with van der Waals surface area (Å²) in [5.41, 5.74) is 1.82. The number of hydrogen-bond donors (Lipinski definition) is 1. The predicted octanol–water partition coefficient (Wildman–Crippen LogP) is 2.25. The lowest BCUT2D eigenvalue weighted by molar-refractivity contribution is 0.315. The maximum absolute atomic E-state index is 14.2. The zero-order valence-corrected chi connectivity index (χ0v) is 12.3. The average Bonchev–Trinajstić information content (AvgIpc) is 2.87. The summed E-state index contributed by atoms with van der Waals surface area (Å²) in [6, 6.07) is 6.04. The van der Waals surface area contributed by atoms with Crippen LogP contribution in [0.25, 0.3) is 0 Å². The van der Waals surface area contributed by atoms with E-state index < -0.39 is 0 Å². The standard InChI is InChI=1S/C15H24FN3/c1-11(17-2)13-6-5-7-14(16)15(13)19-9-8-12(10-19)18(3)4/h5-7,11-12,17H,8-10H2,1-4H3. The molecule has 2 rings (SSSR count). The van der Waals surface area contributed by atoms with E-state index in [4.69, 9.17) is 0 Å². The zero-order chi connectivity index (χ0) is 14.0. The van der Waals surface area contributed by atoms with E-state index in [-0.39, 0.29) is 11.9 Å². The van der Waals surface area contributed by atoms with E-state index in [2.05, 4.69) is 36.1 Å². The molecule has 0 aromatic heterocycles. The molecule has 1 N–H and O–H groups in total. The zero-order valence-electron chi connectivity index (χ0n) is 12.3. The Bertz CT molecular complexity index is 433. The minimum atomic E-state index is -0.112. The number of benzene rings is 1. The van der Waals surface area contributed by atoms with Crippen molar-refractivity contribution in [2.75, 3.05) is 39.1 Å². The minimum Gasteiger partial charge on any atom is -0.367 e. The van der Waals surface area contributed by atoms with Gasteiger partial charge in [0.05, 0.1) is 5.69 Å². The van der Waals surface area contributed by atoms with Crippen LogP contribution in [0.3, 0.4) is 0 Å². The van der Waals surface area contributed by atoms with Crippen LogP contribution in [0.15, 0.2) is 18.2 Å². The van der Waals surface area contributed by atoms with E-state index in [1.54, 1.807) is 12.1 Å². The van der Waals surface area contributed by atoms with Crippen LogP contribution in [0.4, 0.5) is 10.1 Å². The smallest absolute Gasteiger partial charge is 0.146 e. The number of nitrogens with one attached hydrogen (secondary N) is 1. The lowest BCUT2D eigenvalue weighted by Gasteiger charge is -2.26. The number of hydrogen-bond acceptors (Lipinski definition) is 3. The summed E-state index contributed by atoms with van der Waals surface area (Å²) in [4.78, 5) is 4.41. The fourth-order valence-electron chi connectivity index (χ4n) is 2.74. The fourth-order valence-corrected chi connectivity index (χ4v) is 2.74. The lowest BCUT2D eigenvalue weighted by atomic mass is 10.0. The van der Waals surface area contributed by atoms with Crippen molar-refractivity contribution in [3.05, 3.63) is 29.6 Å². The van der Waals surface area contributed by atoms with Gasteiger partial charge in [-0.3, -0.25) is 0 Å². The molecule has 3 nitrogen and oxygen atoms in total. The van der Waals surface area contributed by atoms with Gasteiger partial charge in [-0.25, -0.2) is 4.39 Å². The maximum atomic E-state index is 14.2. The molecule has 1 aromatic carbocycles. The van der Waals surface area contributed by atoms with Crippen LogP contribution in [0.1, 0.15) is 24.9 Å². The van der Waals surface area contributed by atoms with Crippen LogP contribution >= 0.6 is 0 Å². The molecule has 4 heteroatoms. The van der Waals surface area contributed by atoms with Crippen LogP contribution in [0.2, 0.25) is 0 Å².